The fourth-order valence-electron chi connectivity index (χ4n) is 1.82. The monoisotopic (exact) mass is 266 g/mol. The first-order valence-electron chi connectivity index (χ1n) is 6.68. The lowest BCUT2D eigenvalue weighted by atomic mass is 10.1. The van der Waals surface area contributed by atoms with E-state index in [4.69, 9.17) is 0 Å². The van der Waals surface area contributed by atoms with Crippen molar-refractivity contribution < 1.29 is 0 Å². The Morgan fingerprint density at radius 1 is 0.842 bits per heavy atom. The molecule has 2 aromatic rings. The minimum atomic E-state index is 0.964. The average Bonchev–Trinajstić information content (AvgIpc) is 2.46. The highest BCUT2D eigenvalue weighted by atomic mass is 32.1. The van der Waals surface area contributed by atoms with Crippen LogP contribution in [0.25, 0.3) is 0 Å². The molecule has 0 radical (unpaired) electrons. The van der Waals surface area contributed by atoms with Crippen LogP contribution in [0.3, 0.4) is 0 Å². The van der Waals surface area contributed by atoms with Gasteiger partial charge in [-0.25, -0.2) is 0 Å². The van der Waals surface area contributed by atoms with E-state index in [0.29, 0.717) is 0 Å². The Labute approximate surface area is 121 Å². The van der Waals surface area contributed by atoms with Gasteiger partial charge in [0.25, 0.3) is 0 Å². The standard InChI is InChI=1S/C18H18S/c1-2-3-4-15-5-7-16(8-6-15)9-10-17-11-13-18(19)14-12-17/h5-8,11-14,19H,2-4H2,1H3. The summed E-state index contributed by atoms with van der Waals surface area (Å²) in [6.45, 7) is 2.22. The van der Waals surface area contributed by atoms with Crippen LogP contribution in [0.1, 0.15) is 36.5 Å². The molecule has 0 aliphatic heterocycles. The summed E-state index contributed by atoms with van der Waals surface area (Å²) in [5.74, 6) is 6.36. The van der Waals surface area contributed by atoms with Crippen molar-refractivity contribution in [3.8, 4) is 11.8 Å². The number of hydrogen-bond acceptors (Lipinski definition) is 1. The van der Waals surface area contributed by atoms with Gasteiger partial charge in [-0.1, -0.05) is 37.3 Å². The van der Waals surface area contributed by atoms with Crippen molar-refractivity contribution in [1.29, 1.82) is 0 Å². The maximum absolute atomic E-state index is 4.26. The lowest BCUT2D eigenvalue weighted by molar-refractivity contribution is 0.795. The molecule has 1 heteroatoms. The topological polar surface area (TPSA) is 0 Å². The molecular weight excluding hydrogens is 248 g/mol. The smallest absolute Gasteiger partial charge is 0.0249 e. The Morgan fingerprint density at radius 3 is 1.89 bits per heavy atom. The molecule has 0 bridgehead atoms. The third kappa shape index (κ3) is 4.50. The van der Waals surface area contributed by atoms with E-state index < -0.39 is 0 Å². The lowest BCUT2D eigenvalue weighted by Crippen LogP contribution is -1.84. The molecule has 0 unspecified atom stereocenters. The Hall–Kier alpha value is -1.65. The summed E-state index contributed by atoms with van der Waals surface area (Å²) in [5.41, 5.74) is 3.48. The van der Waals surface area contributed by atoms with Crippen LogP contribution in [0.5, 0.6) is 0 Å². The highest BCUT2D eigenvalue weighted by Gasteiger charge is 1.92. The predicted molar refractivity (Wildman–Crippen MR) is 84.7 cm³/mol. The normalized spacial score (nSPS) is 9.79. The molecular formula is C18H18S. The van der Waals surface area contributed by atoms with E-state index in [-0.39, 0.29) is 0 Å². The number of benzene rings is 2. The Balaban J connectivity index is 2.05. The van der Waals surface area contributed by atoms with E-state index >= 15 is 0 Å². The number of rotatable bonds is 3. The van der Waals surface area contributed by atoms with E-state index in [2.05, 4.69) is 55.7 Å². The molecule has 0 heterocycles. The van der Waals surface area contributed by atoms with Crippen LogP contribution < -0.4 is 0 Å². The van der Waals surface area contributed by atoms with Gasteiger partial charge < -0.3 is 0 Å². The molecule has 0 fully saturated rings. The molecule has 0 N–H and O–H groups in total. The Kier molecular flexibility index (Phi) is 5.12. The molecule has 0 aromatic heterocycles. The summed E-state index contributed by atoms with van der Waals surface area (Å²) in [5, 5.41) is 0. The van der Waals surface area contributed by atoms with E-state index in [9.17, 15) is 0 Å². The SMILES string of the molecule is CCCCc1ccc(C#Cc2ccc(S)cc2)cc1. The summed E-state index contributed by atoms with van der Waals surface area (Å²) in [4.78, 5) is 0.964. The van der Waals surface area contributed by atoms with Gasteiger partial charge in [0.15, 0.2) is 0 Å². The van der Waals surface area contributed by atoms with Crippen LogP contribution in [0.4, 0.5) is 0 Å². The van der Waals surface area contributed by atoms with Gasteiger partial charge in [-0.05, 0) is 54.8 Å². The fraction of sp³-hybridized carbons (Fsp3) is 0.222. The Morgan fingerprint density at radius 2 is 1.37 bits per heavy atom. The molecule has 0 nitrogen and oxygen atoms in total. The number of hydrogen-bond donors (Lipinski definition) is 1. The third-order valence-electron chi connectivity index (χ3n) is 2.99. The second kappa shape index (κ2) is 7.07. The van der Waals surface area contributed by atoms with Gasteiger partial charge in [0, 0.05) is 16.0 Å². The van der Waals surface area contributed by atoms with Crippen LogP contribution >= 0.6 is 12.6 Å². The van der Waals surface area contributed by atoms with E-state index in [1.54, 1.807) is 0 Å². The molecule has 96 valence electrons. The summed E-state index contributed by atoms with van der Waals surface area (Å²) >= 11 is 4.26. The second-order valence-electron chi connectivity index (χ2n) is 4.60. The van der Waals surface area contributed by atoms with Crippen LogP contribution in [-0.2, 0) is 6.42 Å². The first kappa shape index (κ1) is 13.8. The molecule has 2 aromatic carbocycles. The fourth-order valence-corrected chi connectivity index (χ4v) is 1.97. The van der Waals surface area contributed by atoms with Gasteiger partial charge >= 0.3 is 0 Å². The summed E-state index contributed by atoms with van der Waals surface area (Å²) < 4.78 is 0. The minimum absolute atomic E-state index is 0.964. The molecule has 0 aliphatic rings. The van der Waals surface area contributed by atoms with Crippen molar-refractivity contribution >= 4 is 12.6 Å². The van der Waals surface area contributed by atoms with Crippen LogP contribution in [0.2, 0.25) is 0 Å². The van der Waals surface area contributed by atoms with E-state index in [1.807, 2.05) is 24.3 Å². The predicted octanol–water partition coefficient (Wildman–Crippen LogP) is 4.72. The number of thiol groups is 1. The van der Waals surface area contributed by atoms with Crippen molar-refractivity contribution in [2.45, 2.75) is 31.1 Å². The van der Waals surface area contributed by atoms with Gasteiger partial charge in [0.1, 0.15) is 0 Å². The van der Waals surface area contributed by atoms with E-state index in [0.717, 1.165) is 22.4 Å². The van der Waals surface area contributed by atoms with Gasteiger partial charge in [-0.15, -0.1) is 12.6 Å². The molecule has 0 saturated carbocycles. The maximum Gasteiger partial charge on any atom is 0.0249 e. The summed E-state index contributed by atoms with van der Waals surface area (Å²) in [6, 6.07) is 16.5. The van der Waals surface area contributed by atoms with Gasteiger partial charge in [-0.3, -0.25) is 0 Å². The number of unbranched alkanes of at least 4 members (excludes halogenated alkanes) is 1. The molecule has 2 rings (SSSR count). The first-order chi connectivity index (χ1) is 9.28. The van der Waals surface area contributed by atoms with Crippen molar-refractivity contribution in [3.05, 3.63) is 65.2 Å². The van der Waals surface area contributed by atoms with E-state index in [1.165, 1.54) is 18.4 Å². The van der Waals surface area contributed by atoms with Crippen molar-refractivity contribution in [2.75, 3.05) is 0 Å². The minimum Gasteiger partial charge on any atom is -0.143 e. The van der Waals surface area contributed by atoms with Gasteiger partial charge in [0.2, 0.25) is 0 Å². The van der Waals surface area contributed by atoms with Crippen LogP contribution in [-0.4, -0.2) is 0 Å². The maximum atomic E-state index is 4.26. The molecule has 0 aliphatic carbocycles. The molecule has 0 spiro atoms. The zero-order valence-electron chi connectivity index (χ0n) is 11.2. The quantitative estimate of drug-likeness (QED) is 0.603. The third-order valence-corrected chi connectivity index (χ3v) is 3.29. The zero-order chi connectivity index (χ0) is 13.5. The van der Waals surface area contributed by atoms with Crippen molar-refractivity contribution in [2.24, 2.45) is 0 Å². The highest BCUT2D eigenvalue weighted by Crippen LogP contribution is 2.09. The van der Waals surface area contributed by atoms with Gasteiger partial charge in [-0.2, -0.15) is 0 Å². The molecule has 19 heavy (non-hydrogen) atoms. The summed E-state index contributed by atoms with van der Waals surface area (Å²) in [7, 11) is 0. The summed E-state index contributed by atoms with van der Waals surface area (Å²) in [6.07, 6.45) is 3.65. The van der Waals surface area contributed by atoms with Crippen LogP contribution in [0.15, 0.2) is 53.4 Å². The first-order valence-corrected chi connectivity index (χ1v) is 7.12. The van der Waals surface area contributed by atoms with Crippen molar-refractivity contribution in [3.63, 3.8) is 0 Å². The Bertz CT molecular complexity index is 568. The molecule has 0 saturated heterocycles. The largest absolute Gasteiger partial charge is 0.143 e. The highest BCUT2D eigenvalue weighted by molar-refractivity contribution is 7.80. The molecule has 0 amide bonds. The number of aryl methyl sites for hydroxylation is 1. The lowest BCUT2D eigenvalue weighted by Gasteiger charge is -1.99. The van der Waals surface area contributed by atoms with Crippen LogP contribution in [0, 0.1) is 11.8 Å². The zero-order valence-corrected chi connectivity index (χ0v) is 12.1. The van der Waals surface area contributed by atoms with Gasteiger partial charge in [0.05, 0.1) is 0 Å². The second-order valence-corrected chi connectivity index (χ2v) is 5.11. The van der Waals surface area contributed by atoms with Crippen molar-refractivity contribution in [1.82, 2.24) is 0 Å². The molecule has 0 atom stereocenters. The average molecular weight is 266 g/mol.